The molecule has 0 saturated carbocycles. The van der Waals surface area contributed by atoms with Gasteiger partial charge in [-0.2, -0.15) is 0 Å². The number of fused-ring (bicyclic) bond motifs is 1. The predicted molar refractivity (Wildman–Crippen MR) is 89.7 cm³/mol. The SMILES string of the molecule is Cc1cccc(C(=O)OCC(=O)c2ccc3ccccc3c2)c1. The Kier molecular flexibility index (Phi) is 4.20. The van der Waals surface area contributed by atoms with Crippen LogP contribution in [0, 0.1) is 6.92 Å². The van der Waals surface area contributed by atoms with E-state index in [0.717, 1.165) is 16.3 Å². The Bertz CT molecular complexity index is 881. The molecule has 0 aliphatic carbocycles. The first-order chi connectivity index (χ1) is 11.1. The van der Waals surface area contributed by atoms with E-state index in [9.17, 15) is 9.59 Å². The highest BCUT2D eigenvalue weighted by atomic mass is 16.5. The minimum atomic E-state index is -0.483. The van der Waals surface area contributed by atoms with Crippen LogP contribution in [0.15, 0.2) is 66.7 Å². The van der Waals surface area contributed by atoms with Crippen LogP contribution in [-0.2, 0) is 4.74 Å². The molecule has 0 radical (unpaired) electrons. The van der Waals surface area contributed by atoms with Crippen LogP contribution in [0.2, 0.25) is 0 Å². The number of esters is 1. The Balaban J connectivity index is 1.69. The summed E-state index contributed by atoms with van der Waals surface area (Å²) in [6, 6.07) is 20.4. The summed E-state index contributed by atoms with van der Waals surface area (Å²) in [5, 5.41) is 2.06. The van der Waals surface area contributed by atoms with Crippen molar-refractivity contribution in [2.75, 3.05) is 6.61 Å². The Labute approximate surface area is 134 Å². The first-order valence-corrected chi connectivity index (χ1v) is 7.39. The smallest absolute Gasteiger partial charge is 0.338 e. The van der Waals surface area contributed by atoms with Crippen molar-refractivity contribution in [2.24, 2.45) is 0 Å². The van der Waals surface area contributed by atoms with Gasteiger partial charge in [-0.15, -0.1) is 0 Å². The Morgan fingerprint density at radius 3 is 2.39 bits per heavy atom. The van der Waals surface area contributed by atoms with Crippen LogP contribution >= 0.6 is 0 Å². The number of hydrogen-bond donors (Lipinski definition) is 0. The number of hydrogen-bond acceptors (Lipinski definition) is 3. The van der Waals surface area contributed by atoms with Gasteiger partial charge < -0.3 is 4.74 Å². The minimum absolute atomic E-state index is 0.211. The van der Waals surface area contributed by atoms with E-state index in [4.69, 9.17) is 4.74 Å². The maximum Gasteiger partial charge on any atom is 0.338 e. The molecule has 0 atom stereocenters. The van der Waals surface area contributed by atoms with Crippen LogP contribution in [0.5, 0.6) is 0 Å². The number of benzene rings is 3. The molecule has 0 N–H and O–H groups in total. The van der Waals surface area contributed by atoms with Crippen molar-refractivity contribution < 1.29 is 14.3 Å². The van der Waals surface area contributed by atoms with Gasteiger partial charge >= 0.3 is 5.97 Å². The average Bonchev–Trinajstić information content (AvgIpc) is 2.59. The zero-order chi connectivity index (χ0) is 16.2. The van der Waals surface area contributed by atoms with Crippen LogP contribution < -0.4 is 0 Å². The number of aryl methyl sites for hydroxylation is 1. The van der Waals surface area contributed by atoms with Crippen LogP contribution in [-0.4, -0.2) is 18.4 Å². The third-order valence-electron chi connectivity index (χ3n) is 3.66. The van der Waals surface area contributed by atoms with Gasteiger partial charge in [-0.05, 0) is 35.9 Å². The molecule has 3 rings (SSSR count). The summed E-state index contributed by atoms with van der Waals surface area (Å²) >= 11 is 0. The normalized spacial score (nSPS) is 10.5. The van der Waals surface area contributed by atoms with E-state index >= 15 is 0 Å². The highest BCUT2D eigenvalue weighted by Gasteiger charge is 2.12. The van der Waals surface area contributed by atoms with E-state index in [0.29, 0.717) is 11.1 Å². The Morgan fingerprint density at radius 2 is 1.61 bits per heavy atom. The zero-order valence-electron chi connectivity index (χ0n) is 12.8. The quantitative estimate of drug-likeness (QED) is 0.536. The number of ketones is 1. The third kappa shape index (κ3) is 3.46. The van der Waals surface area contributed by atoms with Gasteiger partial charge in [0, 0.05) is 5.56 Å². The Hall–Kier alpha value is -2.94. The monoisotopic (exact) mass is 304 g/mol. The fourth-order valence-corrected chi connectivity index (χ4v) is 2.43. The second-order valence-corrected chi connectivity index (χ2v) is 5.43. The number of Topliss-reactive ketones (excluding diaryl/α,β-unsaturated/α-hetero) is 1. The van der Waals surface area contributed by atoms with Crippen molar-refractivity contribution in [3.05, 3.63) is 83.4 Å². The predicted octanol–water partition coefficient (Wildman–Crippen LogP) is 4.19. The fourth-order valence-electron chi connectivity index (χ4n) is 2.43. The van der Waals surface area contributed by atoms with Crippen LogP contribution in [0.3, 0.4) is 0 Å². The van der Waals surface area contributed by atoms with Crippen molar-refractivity contribution in [2.45, 2.75) is 6.92 Å². The summed E-state index contributed by atoms with van der Waals surface area (Å²) in [5.74, 6) is -0.695. The van der Waals surface area contributed by atoms with E-state index < -0.39 is 5.97 Å². The minimum Gasteiger partial charge on any atom is -0.454 e. The van der Waals surface area contributed by atoms with Crippen molar-refractivity contribution in [3.63, 3.8) is 0 Å². The van der Waals surface area contributed by atoms with Crippen LogP contribution in [0.4, 0.5) is 0 Å². The van der Waals surface area contributed by atoms with Gasteiger partial charge in [0.2, 0.25) is 0 Å². The van der Waals surface area contributed by atoms with Gasteiger partial charge in [0.1, 0.15) is 0 Å². The molecule has 0 amide bonds. The van der Waals surface area contributed by atoms with Crippen LogP contribution in [0.25, 0.3) is 10.8 Å². The number of ether oxygens (including phenoxy) is 1. The van der Waals surface area contributed by atoms with Crippen LogP contribution in [0.1, 0.15) is 26.3 Å². The molecule has 3 aromatic rings. The number of carbonyl (C=O) groups is 2. The maximum absolute atomic E-state index is 12.2. The first kappa shape index (κ1) is 15.0. The van der Waals surface area contributed by atoms with Crippen molar-refractivity contribution in [1.82, 2.24) is 0 Å². The van der Waals surface area contributed by atoms with E-state index in [-0.39, 0.29) is 12.4 Å². The number of rotatable bonds is 4. The van der Waals surface area contributed by atoms with Gasteiger partial charge in [-0.25, -0.2) is 4.79 Å². The molecule has 0 aliphatic rings. The number of carbonyl (C=O) groups excluding carboxylic acids is 2. The molecule has 3 aromatic carbocycles. The summed E-state index contributed by atoms with van der Waals surface area (Å²) in [4.78, 5) is 24.2. The summed E-state index contributed by atoms with van der Waals surface area (Å²) in [6.45, 7) is 1.64. The van der Waals surface area contributed by atoms with Crippen molar-refractivity contribution >= 4 is 22.5 Å². The molecular weight excluding hydrogens is 288 g/mol. The molecule has 0 aromatic heterocycles. The van der Waals surface area contributed by atoms with Gasteiger partial charge in [0.05, 0.1) is 5.56 Å². The summed E-state index contributed by atoms with van der Waals surface area (Å²) < 4.78 is 5.12. The standard InChI is InChI=1S/C20H16O3/c1-14-5-4-8-18(11-14)20(22)23-13-19(21)17-10-9-15-6-2-3-7-16(15)12-17/h2-12H,13H2,1H3. The van der Waals surface area contributed by atoms with Gasteiger partial charge in [0.15, 0.2) is 12.4 Å². The second kappa shape index (κ2) is 6.44. The van der Waals surface area contributed by atoms with E-state index in [2.05, 4.69) is 0 Å². The molecule has 3 heteroatoms. The topological polar surface area (TPSA) is 43.4 Å². The molecule has 0 unspecified atom stereocenters. The van der Waals surface area contributed by atoms with Gasteiger partial charge in [-0.3, -0.25) is 4.79 Å². The molecule has 0 spiro atoms. The molecular formula is C20H16O3. The molecule has 0 fully saturated rings. The zero-order valence-corrected chi connectivity index (χ0v) is 12.8. The summed E-state index contributed by atoms with van der Waals surface area (Å²) in [7, 11) is 0. The van der Waals surface area contributed by atoms with E-state index in [1.165, 1.54) is 0 Å². The molecule has 3 nitrogen and oxygen atoms in total. The molecule has 0 saturated heterocycles. The molecule has 23 heavy (non-hydrogen) atoms. The van der Waals surface area contributed by atoms with Gasteiger partial charge in [-0.1, -0.05) is 54.1 Å². The molecule has 0 heterocycles. The lowest BCUT2D eigenvalue weighted by Crippen LogP contribution is -2.14. The lowest BCUT2D eigenvalue weighted by molar-refractivity contribution is 0.0474. The van der Waals surface area contributed by atoms with E-state index in [1.54, 1.807) is 24.3 Å². The lowest BCUT2D eigenvalue weighted by atomic mass is 10.0. The van der Waals surface area contributed by atoms with Crippen molar-refractivity contribution in [3.8, 4) is 0 Å². The largest absolute Gasteiger partial charge is 0.454 e. The third-order valence-corrected chi connectivity index (χ3v) is 3.66. The maximum atomic E-state index is 12.2. The van der Waals surface area contributed by atoms with Crippen molar-refractivity contribution in [1.29, 1.82) is 0 Å². The van der Waals surface area contributed by atoms with Gasteiger partial charge in [0.25, 0.3) is 0 Å². The average molecular weight is 304 g/mol. The second-order valence-electron chi connectivity index (χ2n) is 5.43. The lowest BCUT2D eigenvalue weighted by Gasteiger charge is -2.06. The molecule has 0 bridgehead atoms. The highest BCUT2D eigenvalue weighted by molar-refractivity contribution is 6.02. The highest BCUT2D eigenvalue weighted by Crippen LogP contribution is 2.16. The fraction of sp³-hybridized carbons (Fsp3) is 0.100. The molecule has 114 valence electrons. The molecule has 0 aliphatic heterocycles. The summed E-state index contributed by atoms with van der Waals surface area (Å²) in [5.41, 5.74) is 1.97. The first-order valence-electron chi connectivity index (χ1n) is 7.39. The Morgan fingerprint density at radius 1 is 0.826 bits per heavy atom. The summed E-state index contributed by atoms with van der Waals surface area (Å²) in [6.07, 6.45) is 0. The van der Waals surface area contributed by atoms with E-state index in [1.807, 2.05) is 49.4 Å².